The number of carbonyl (C=O) groups excluding carboxylic acids is 1. The number of anilines is 1. The molecule has 1 aliphatic rings. The van der Waals surface area contributed by atoms with Crippen molar-refractivity contribution >= 4 is 36.0 Å². The first kappa shape index (κ1) is 29.0. The maximum atomic E-state index is 12.5. The van der Waals surface area contributed by atoms with Gasteiger partial charge in [0.2, 0.25) is 5.91 Å². The summed E-state index contributed by atoms with van der Waals surface area (Å²) in [5, 5.41) is 20.4. The molecule has 1 unspecified atom stereocenters. The summed E-state index contributed by atoms with van der Waals surface area (Å²) in [6, 6.07) is 7.36. The van der Waals surface area contributed by atoms with Crippen molar-refractivity contribution in [3.63, 3.8) is 0 Å². The van der Waals surface area contributed by atoms with Crippen molar-refractivity contribution in [1.82, 2.24) is 4.90 Å². The standard InChI is InChI=1S/C28H38N4O3.ClH/c1-18-19(2)26-23(20(3)25(18)34)14-16-28(4,35-26)15-6-7-17-32(5)24(33)13-10-21-8-11-22(12-9-21)31-27(29)30;/h8-13,34H,6-7,14-17H2,1-5H3,(H4,29,30,31);1H. The molecule has 1 aliphatic heterocycles. The highest BCUT2D eigenvalue weighted by Gasteiger charge is 2.34. The third-order valence-corrected chi connectivity index (χ3v) is 7.03. The number of ether oxygens (including phenoxy) is 1. The summed E-state index contributed by atoms with van der Waals surface area (Å²) in [5.41, 5.74) is 10.7. The molecule has 7 nitrogen and oxygen atoms in total. The molecule has 0 saturated heterocycles. The lowest BCUT2D eigenvalue weighted by Gasteiger charge is -2.38. The second-order valence-corrected chi connectivity index (χ2v) is 9.79. The zero-order valence-electron chi connectivity index (χ0n) is 21.9. The number of nitrogens with one attached hydrogen (secondary N) is 2. The van der Waals surface area contributed by atoms with Crippen molar-refractivity contribution in [3.05, 3.63) is 58.2 Å². The second kappa shape index (κ2) is 12.2. The molecule has 0 bridgehead atoms. The Kier molecular flexibility index (Phi) is 9.82. The molecule has 5 N–H and O–H groups in total. The molecule has 0 fully saturated rings. The van der Waals surface area contributed by atoms with Gasteiger partial charge in [-0.3, -0.25) is 10.2 Å². The van der Waals surface area contributed by atoms with Gasteiger partial charge in [-0.15, -0.1) is 12.4 Å². The second-order valence-electron chi connectivity index (χ2n) is 9.79. The smallest absolute Gasteiger partial charge is 0.246 e. The zero-order valence-corrected chi connectivity index (χ0v) is 22.7. The minimum atomic E-state index is -0.237. The van der Waals surface area contributed by atoms with E-state index >= 15 is 0 Å². The van der Waals surface area contributed by atoms with Crippen LogP contribution in [0.2, 0.25) is 0 Å². The van der Waals surface area contributed by atoms with Gasteiger partial charge in [0.05, 0.1) is 0 Å². The van der Waals surface area contributed by atoms with E-state index in [-0.39, 0.29) is 29.9 Å². The highest BCUT2D eigenvalue weighted by atomic mass is 35.5. The lowest BCUT2D eigenvalue weighted by Crippen LogP contribution is -2.37. The summed E-state index contributed by atoms with van der Waals surface area (Å²) in [5.74, 6) is 1.18. The average Bonchev–Trinajstić information content (AvgIpc) is 2.83. The summed E-state index contributed by atoms with van der Waals surface area (Å²) in [6.07, 6.45) is 7.98. The Hall–Kier alpha value is -3.19. The predicted molar refractivity (Wildman–Crippen MR) is 149 cm³/mol. The van der Waals surface area contributed by atoms with Crippen molar-refractivity contribution in [2.24, 2.45) is 5.73 Å². The van der Waals surface area contributed by atoms with E-state index in [1.165, 1.54) is 0 Å². The number of phenolic OH excluding ortho intramolecular Hbond substituents is 1. The highest BCUT2D eigenvalue weighted by molar-refractivity contribution is 5.92. The lowest BCUT2D eigenvalue weighted by atomic mass is 9.84. The topological polar surface area (TPSA) is 112 Å². The Balaban J connectivity index is 0.00000456. The molecule has 1 heterocycles. The van der Waals surface area contributed by atoms with E-state index in [1.807, 2.05) is 52.1 Å². The van der Waals surface area contributed by atoms with Gasteiger partial charge in [-0.25, -0.2) is 0 Å². The number of aromatic hydroxyl groups is 1. The molecule has 0 radical (unpaired) electrons. The average molecular weight is 515 g/mol. The van der Waals surface area contributed by atoms with Gasteiger partial charge < -0.3 is 25.8 Å². The molecular weight excluding hydrogens is 476 g/mol. The number of fused-ring (bicyclic) bond motifs is 1. The molecule has 2 aromatic rings. The highest BCUT2D eigenvalue weighted by Crippen LogP contribution is 2.44. The van der Waals surface area contributed by atoms with Crippen LogP contribution >= 0.6 is 12.4 Å². The number of nitrogens with two attached hydrogens (primary N) is 1. The number of nitrogens with zero attached hydrogens (tertiary/aromatic N) is 1. The maximum Gasteiger partial charge on any atom is 0.246 e. The summed E-state index contributed by atoms with van der Waals surface area (Å²) in [4.78, 5) is 14.2. The van der Waals surface area contributed by atoms with Crippen molar-refractivity contribution in [2.45, 2.75) is 65.4 Å². The number of unbranched alkanes of at least 4 members (excludes halogenated alkanes) is 1. The molecule has 2 aromatic carbocycles. The number of amides is 1. The van der Waals surface area contributed by atoms with E-state index in [1.54, 1.807) is 17.1 Å². The van der Waals surface area contributed by atoms with Crippen molar-refractivity contribution in [3.8, 4) is 11.5 Å². The largest absolute Gasteiger partial charge is 0.507 e. The summed E-state index contributed by atoms with van der Waals surface area (Å²) < 4.78 is 6.51. The molecule has 3 rings (SSSR count). The van der Waals surface area contributed by atoms with E-state index in [4.69, 9.17) is 15.9 Å². The third-order valence-electron chi connectivity index (χ3n) is 7.03. The molecule has 36 heavy (non-hydrogen) atoms. The predicted octanol–water partition coefficient (Wildman–Crippen LogP) is 5.47. The number of phenols is 1. The number of hydrogen-bond donors (Lipinski definition) is 4. The van der Waals surface area contributed by atoms with Gasteiger partial charge in [0.15, 0.2) is 5.96 Å². The van der Waals surface area contributed by atoms with Crippen LogP contribution in [0.5, 0.6) is 11.5 Å². The number of guanidine groups is 1. The summed E-state index contributed by atoms with van der Waals surface area (Å²) in [6.45, 7) is 8.78. The molecule has 0 spiro atoms. The van der Waals surface area contributed by atoms with Gasteiger partial charge in [-0.05, 0) is 100 Å². The summed E-state index contributed by atoms with van der Waals surface area (Å²) >= 11 is 0. The number of carbonyl (C=O) groups is 1. The normalized spacial score (nSPS) is 16.6. The summed E-state index contributed by atoms with van der Waals surface area (Å²) in [7, 11) is 1.82. The van der Waals surface area contributed by atoms with E-state index in [9.17, 15) is 9.90 Å². The quantitative estimate of drug-likeness (QED) is 0.161. The van der Waals surface area contributed by atoms with Crippen LogP contribution in [0.4, 0.5) is 5.69 Å². The fraction of sp³-hybridized carbons (Fsp3) is 0.429. The number of halogens is 1. The molecule has 0 aliphatic carbocycles. The molecule has 0 aromatic heterocycles. The van der Waals surface area contributed by atoms with Gasteiger partial charge in [-0.1, -0.05) is 12.1 Å². The Labute approximate surface area is 220 Å². The number of likely N-dealkylation sites (N-methyl/N-ethyl adjacent to an activating group) is 1. The van der Waals surface area contributed by atoms with Crippen LogP contribution in [-0.4, -0.2) is 41.1 Å². The van der Waals surface area contributed by atoms with Gasteiger partial charge in [0.1, 0.15) is 17.1 Å². The van der Waals surface area contributed by atoms with E-state index in [0.29, 0.717) is 12.3 Å². The van der Waals surface area contributed by atoms with Crippen molar-refractivity contribution in [2.75, 3.05) is 18.9 Å². The minimum absolute atomic E-state index is 0. The van der Waals surface area contributed by atoms with Crippen LogP contribution < -0.4 is 15.8 Å². The monoisotopic (exact) mass is 514 g/mol. The van der Waals surface area contributed by atoms with Crippen LogP contribution in [0.15, 0.2) is 30.3 Å². The number of rotatable bonds is 8. The molecule has 196 valence electrons. The Morgan fingerprint density at radius 3 is 2.50 bits per heavy atom. The van der Waals surface area contributed by atoms with Crippen LogP contribution in [0.25, 0.3) is 6.08 Å². The van der Waals surface area contributed by atoms with E-state index in [0.717, 1.165) is 71.4 Å². The van der Waals surface area contributed by atoms with Crippen LogP contribution in [0, 0.1) is 26.2 Å². The molecule has 1 atom stereocenters. The van der Waals surface area contributed by atoms with E-state index in [2.05, 4.69) is 12.2 Å². The third kappa shape index (κ3) is 6.94. The Morgan fingerprint density at radius 1 is 1.19 bits per heavy atom. The first-order chi connectivity index (χ1) is 16.5. The Morgan fingerprint density at radius 2 is 1.86 bits per heavy atom. The molecule has 1 amide bonds. The first-order valence-electron chi connectivity index (χ1n) is 12.2. The van der Waals surface area contributed by atoms with Gasteiger partial charge in [-0.2, -0.15) is 0 Å². The molecule has 8 heteroatoms. The van der Waals surface area contributed by atoms with Gasteiger partial charge in [0, 0.05) is 30.9 Å². The van der Waals surface area contributed by atoms with Gasteiger partial charge in [0.25, 0.3) is 0 Å². The van der Waals surface area contributed by atoms with E-state index < -0.39 is 0 Å². The van der Waals surface area contributed by atoms with Crippen LogP contribution in [-0.2, 0) is 11.2 Å². The minimum Gasteiger partial charge on any atom is -0.507 e. The van der Waals surface area contributed by atoms with Crippen LogP contribution in [0.1, 0.15) is 60.4 Å². The Bertz CT molecular complexity index is 1130. The number of benzene rings is 2. The SMILES string of the molecule is Cc1c(C)c2c(c(C)c1O)CCC(C)(CCCCN(C)C(=O)C=Cc1ccc(NC(=N)N)cc1)O2.Cl. The zero-order chi connectivity index (χ0) is 25.8. The van der Waals surface area contributed by atoms with Crippen molar-refractivity contribution in [1.29, 1.82) is 5.41 Å². The van der Waals surface area contributed by atoms with Gasteiger partial charge >= 0.3 is 0 Å². The van der Waals surface area contributed by atoms with Crippen molar-refractivity contribution < 1.29 is 14.6 Å². The molecule has 0 saturated carbocycles. The maximum absolute atomic E-state index is 12.5. The first-order valence-corrected chi connectivity index (χ1v) is 12.2. The lowest BCUT2D eigenvalue weighted by molar-refractivity contribution is -0.124. The number of hydrogen-bond acceptors (Lipinski definition) is 4. The molecular formula is C28H39ClN4O3. The van der Waals surface area contributed by atoms with Crippen LogP contribution in [0.3, 0.4) is 0 Å². The fourth-order valence-corrected chi connectivity index (χ4v) is 4.56. The fourth-order valence-electron chi connectivity index (χ4n) is 4.56.